The van der Waals surface area contributed by atoms with Gasteiger partial charge in [-0.1, -0.05) is 0 Å². The number of carbonyl (C=O) groups excluding carboxylic acids is 1. The second-order valence-electron chi connectivity index (χ2n) is 4.33. The maximum absolute atomic E-state index is 11.9. The number of nitrogens with zero attached hydrogens (tertiary/aromatic N) is 2. The van der Waals surface area contributed by atoms with E-state index in [1.54, 1.807) is 6.07 Å². The van der Waals surface area contributed by atoms with E-state index >= 15 is 0 Å². The highest BCUT2D eigenvalue weighted by atomic mass is 16.5. The van der Waals surface area contributed by atoms with Crippen molar-refractivity contribution in [3.05, 3.63) is 29.3 Å². The summed E-state index contributed by atoms with van der Waals surface area (Å²) < 4.78 is 5.38. The van der Waals surface area contributed by atoms with Gasteiger partial charge in [0.25, 0.3) is 5.91 Å². The maximum Gasteiger partial charge on any atom is 0.253 e. The van der Waals surface area contributed by atoms with E-state index < -0.39 is 6.10 Å². The zero-order chi connectivity index (χ0) is 13.7. The highest BCUT2D eigenvalue weighted by Gasteiger charge is 2.22. The summed E-state index contributed by atoms with van der Waals surface area (Å²) in [7, 11) is 0. The third-order valence-electron chi connectivity index (χ3n) is 3.00. The van der Waals surface area contributed by atoms with Crippen LogP contribution in [0.15, 0.2) is 18.2 Å². The first-order chi connectivity index (χ1) is 9.24. The van der Waals surface area contributed by atoms with Crippen LogP contribution in [0, 0.1) is 22.7 Å². The number of carbonyl (C=O) groups is 1. The van der Waals surface area contributed by atoms with Crippen LogP contribution in [0.5, 0.6) is 0 Å². The average molecular weight is 255 g/mol. The minimum atomic E-state index is -0.421. The Labute approximate surface area is 111 Å². The van der Waals surface area contributed by atoms with Crippen LogP contribution in [0.3, 0.4) is 0 Å². The second kappa shape index (κ2) is 5.99. The molecular weight excluding hydrogens is 242 g/mol. The number of anilines is 1. The molecule has 1 fully saturated rings. The third-order valence-corrected chi connectivity index (χ3v) is 3.00. The molecule has 0 radical (unpaired) electrons. The molecule has 19 heavy (non-hydrogen) atoms. The first-order valence-corrected chi connectivity index (χ1v) is 6.11. The normalized spacial score (nSPS) is 18.1. The first-order valence-electron chi connectivity index (χ1n) is 6.11. The summed E-state index contributed by atoms with van der Waals surface area (Å²) >= 11 is 0. The summed E-state index contributed by atoms with van der Waals surface area (Å²) in [5.41, 5.74) is 1.06. The van der Waals surface area contributed by atoms with Gasteiger partial charge in [0, 0.05) is 12.3 Å². The van der Waals surface area contributed by atoms with Gasteiger partial charge in [0.1, 0.15) is 18.2 Å². The molecule has 0 bridgehead atoms. The number of amides is 1. The molecule has 0 aliphatic carbocycles. The molecule has 5 nitrogen and oxygen atoms in total. The Morgan fingerprint density at radius 3 is 2.68 bits per heavy atom. The SMILES string of the molecule is N#Cc1ccc(NC(=O)C2CCCCO2)cc1C#N. The van der Waals surface area contributed by atoms with Gasteiger partial charge < -0.3 is 10.1 Å². The maximum atomic E-state index is 11.9. The van der Waals surface area contributed by atoms with Crippen LogP contribution in [0.25, 0.3) is 0 Å². The van der Waals surface area contributed by atoms with Crippen LogP contribution >= 0.6 is 0 Å². The van der Waals surface area contributed by atoms with Gasteiger partial charge in [-0.05, 0) is 37.5 Å². The largest absolute Gasteiger partial charge is 0.368 e. The Kier molecular flexibility index (Phi) is 4.12. The van der Waals surface area contributed by atoms with Crippen LogP contribution < -0.4 is 5.32 Å². The Bertz CT molecular complexity index is 563. The molecule has 1 aromatic rings. The minimum Gasteiger partial charge on any atom is -0.368 e. The number of benzene rings is 1. The molecule has 1 aliphatic heterocycles. The van der Waals surface area contributed by atoms with Crippen molar-refractivity contribution in [3.8, 4) is 12.1 Å². The van der Waals surface area contributed by atoms with Gasteiger partial charge in [-0.3, -0.25) is 4.79 Å². The van der Waals surface area contributed by atoms with Crippen LogP contribution in [0.1, 0.15) is 30.4 Å². The molecule has 5 heteroatoms. The first kappa shape index (κ1) is 13.1. The highest BCUT2D eigenvalue weighted by Crippen LogP contribution is 2.18. The van der Waals surface area contributed by atoms with Crippen molar-refractivity contribution in [2.45, 2.75) is 25.4 Å². The molecule has 1 atom stereocenters. The van der Waals surface area contributed by atoms with E-state index in [-0.39, 0.29) is 11.5 Å². The predicted molar refractivity (Wildman–Crippen MR) is 68.1 cm³/mol. The lowest BCUT2D eigenvalue weighted by molar-refractivity contribution is -0.129. The molecule has 1 N–H and O–H groups in total. The van der Waals surface area contributed by atoms with Crippen molar-refractivity contribution in [1.82, 2.24) is 0 Å². The quantitative estimate of drug-likeness (QED) is 0.874. The molecule has 1 aliphatic rings. The molecular formula is C14H13N3O2. The second-order valence-corrected chi connectivity index (χ2v) is 4.33. The smallest absolute Gasteiger partial charge is 0.253 e. The van der Waals surface area contributed by atoms with Crippen molar-refractivity contribution < 1.29 is 9.53 Å². The summed E-state index contributed by atoms with van der Waals surface area (Å²) in [6, 6.07) is 8.50. The van der Waals surface area contributed by atoms with Crippen molar-refractivity contribution in [2.75, 3.05) is 11.9 Å². The van der Waals surface area contributed by atoms with E-state index in [0.29, 0.717) is 24.3 Å². The fourth-order valence-corrected chi connectivity index (χ4v) is 1.98. The van der Waals surface area contributed by atoms with Gasteiger partial charge in [0.05, 0.1) is 11.1 Å². The summed E-state index contributed by atoms with van der Waals surface area (Å²) in [6.45, 7) is 0.606. The summed E-state index contributed by atoms with van der Waals surface area (Å²) in [5, 5.41) is 20.4. The van der Waals surface area contributed by atoms with Crippen molar-refractivity contribution in [1.29, 1.82) is 10.5 Å². The fourth-order valence-electron chi connectivity index (χ4n) is 1.98. The summed E-state index contributed by atoms with van der Waals surface area (Å²) in [4.78, 5) is 11.9. The lowest BCUT2D eigenvalue weighted by Gasteiger charge is -2.21. The zero-order valence-electron chi connectivity index (χ0n) is 10.3. The van der Waals surface area contributed by atoms with E-state index in [9.17, 15) is 4.79 Å². The van der Waals surface area contributed by atoms with E-state index in [0.717, 1.165) is 12.8 Å². The van der Waals surface area contributed by atoms with E-state index in [4.69, 9.17) is 15.3 Å². The van der Waals surface area contributed by atoms with Gasteiger partial charge in [-0.2, -0.15) is 10.5 Å². The van der Waals surface area contributed by atoms with Gasteiger partial charge in [0.15, 0.2) is 0 Å². The highest BCUT2D eigenvalue weighted by molar-refractivity contribution is 5.94. The Morgan fingerprint density at radius 2 is 2.05 bits per heavy atom. The number of hydrogen-bond donors (Lipinski definition) is 1. The number of hydrogen-bond acceptors (Lipinski definition) is 4. The van der Waals surface area contributed by atoms with Crippen LogP contribution in [-0.2, 0) is 9.53 Å². The Hall–Kier alpha value is -2.37. The van der Waals surface area contributed by atoms with Gasteiger partial charge >= 0.3 is 0 Å². The molecule has 1 amide bonds. The van der Waals surface area contributed by atoms with Crippen molar-refractivity contribution in [3.63, 3.8) is 0 Å². The van der Waals surface area contributed by atoms with Gasteiger partial charge in [0.2, 0.25) is 0 Å². The Morgan fingerprint density at radius 1 is 1.26 bits per heavy atom. The van der Waals surface area contributed by atoms with Gasteiger partial charge in [-0.25, -0.2) is 0 Å². The van der Waals surface area contributed by atoms with Crippen LogP contribution in [-0.4, -0.2) is 18.6 Å². The minimum absolute atomic E-state index is 0.201. The fraction of sp³-hybridized carbons (Fsp3) is 0.357. The van der Waals surface area contributed by atoms with E-state index in [1.807, 2.05) is 12.1 Å². The summed E-state index contributed by atoms with van der Waals surface area (Å²) in [6.07, 6.45) is 2.26. The van der Waals surface area contributed by atoms with Crippen LogP contribution in [0.4, 0.5) is 5.69 Å². The molecule has 1 unspecified atom stereocenters. The lowest BCUT2D eigenvalue weighted by atomic mass is 10.1. The number of nitriles is 2. The lowest BCUT2D eigenvalue weighted by Crippen LogP contribution is -2.33. The number of ether oxygens (including phenoxy) is 1. The average Bonchev–Trinajstić information content (AvgIpc) is 2.48. The summed E-state index contributed by atoms with van der Waals surface area (Å²) in [5.74, 6) is -0.201. The standard InChI is InChI=1S/C14H13N3O2/c15-8-10-4-5-12(7-11(10)9-16)17-14(18)13-3-1-2-6-19-13/h4-5,7,13H,1-3,6H2,(H,17,18). The molecule has 2 rings (SSSR count). The monoisotopic (exact) mass is 255 g/mol. The Balaban J connectivity index is 2.09. The van der Waals surface area contributed by atoms with E-state index in [2.05, 4.69) is 5.32 Å². The predicted octanol–water partition coefficient (Wildman–Crippen LogP) is 1.94. The molecule has 1 aromatic carbocycles. The zero-order valence-corrected chi connectivity index (χ0v) is 10.3. The topological polar surface area (TPSA) is 85.9 Å². The third kappa shape index (κ3) is 3.09. The molecule has 0 saturated carbocycles. The molecule has 0 aromatic heterocycles. The molecule has 1 saturated heterocycles. The van der Waals surface area contributed by atoms with E-state index in [1.165, 1.54) is 12.1 Å². The number of nitrogens with one attached hydrogen (secondary N) is 1. The molecule has 96 valence electrons. The van der Waals surface area contributed by atoms with Crippen LogP contribution in [0.2, 0.25) is 0 Å². The van der Waals surface area contributed by atoms with Crippen molar-refractivity contribution in [2.24, 2.45) is 0 Å². The molecule has 0 spiro atoms. The number of rotatable bonds is 2. The van der Waals surface area contributed by atoms with Crippen molar-refractivity contribution >= 4 is 11.6 Å². The molecule has 1 heterocycles. The van der Waals surface area contributed by atoms with Gasteiger partial charge in [-0.15, -0.1) is 0 Å².